The van der Waals surface area contributed by atoms with E-state index in [0.29, 0.717) is 0 Å². The molecule has 0 rings (SSSR count). The van der Waals surface area contributed by atoms with Crippen LogP contribution in [0.2, 0.25) is 0 Å². The Bertz CT molecular complexity index is 222. The first-order chi connectivity index (χ1) is 8.66. The Morgan fingerprint density at radius 2 is 0.346 bits per heavy atom. The molecule has 0 aromatic carbocycles. The maximum atomic E-state index is 8.52. The van der Waals surface area contributed by atoms with Gasteiger partial charge < -0.3 is 81.2 Å². The molecule has 0 aliphatic rings. The van der Waals surface area contributed by atoms with Crippen LogP contribution in [0.4, 0.5) is 0 Å². The van der Waals surface area contributed by atoms with Crippen molar-refractivity contribution in [1.29, 1.82) is 0 Å². The zero-order chi connectivity index (χ0) is 17.9. The van der Waals surface area contributed by atoms with Crippen molar-refractivity contribution >= 4 is 127 Å². The zero-order valence-electron chi connectivity index (χ0n) is 12.2. The topological polar surface area (TPSA) is 379 Å². The van der Waals surface area contributed by atoms with Crippen molar-refractivity contribution in [2.75, 3.05) is 0 Å². The minimum atomic E-state index is -3.63. The summed E-state index contributed by atoms with van der Waals surface area (Å²) in [4.78, 5) is 85.2. The predicted octanol–water partition coefficient (Wildman–Crippen LogP) is -17.6. The fraction of sp³-hybridized carbons (Fsp3) is 0. The van der Waals surface area contributed by atoms with E-state index in [2.05, 4.69) is 0 Å². The Kier molecular flexibility index (Phi) is 175. The molecule has 136 valence electrons. The fourth-order valence-corrected chi connectivity index (χ4v) is 0. The SMILES string of the molecule is O.O.O=[Si]([O-])[O-].O=[Si]([O-])[O-].O=[Si]([O-])[O-].O=[Si]([O-])[O-].O=[Si]([O-])[O-].[Al+3].[Al+3].[Mg+2].[Mg+2]. The van der Waals surface area contributed by atoms with E-state index in [-0.39, 0.29) is 91.8 Å². The quantitative estimate of drug-likeness (QED) is 0.268. The molecule has 0 saturated carbocycles. The van der Waals surface area contributed by atoms with Gasteiger partial charge in [-0.25, -0.2) is 0 Å². The van der Waals surface area contributed by atoms with Crippen molar-refractivity contribution < 1.29 is 81.2 Å². The molecule has 0 amide bonds. The predicted molar refractivity (Wildman–Crippen MR) is 62.4 cm³/mol. The van der Waals surface area contributed by atoms with Gasteiger partial charge in [0.1, 0.15) is 0 Å². The zero-order valence-corrected chi connectivity index (χ0v) is 22.3. The summed E-state index contributed by atoms with van der Waals surface area (Å²) >= 11 is 0. The molecule has 0 aliphatic carbocycles. The summed E-state index contributed by atoms with van der Waals surface area (Å²) in [6.07, 6.45) is 0. The van der Waals surface area contributed by atoms with E-state index < -0.39 is 45.9 Å². The third-order valence-electron chi connectivity index (χ3n) is 0. The van der Waals surface area contributed by atoms with Crippen molar-refractivity contribution in [3.05, 3.63) is 0 Å². The van der Waals surface area contributed by atoms with E-state index in [0.717, 1.165) is 0 Å². The van der Waals surface area contributed by atoms with E-state index in [4.69, 9.17) is 70.3 Å². The normalized spacial score (nSPS) is 4.62. The van der Waals surface area contributed by atoms with Gasteiger partial charge >= 0.3 is 80.8 Å². The van der Waals surface area contributed by atoms with Crippen LogP contribution in [-0.2, 0) is 22.3 Å². The molecule has 0 aliphatic heterocycles. The largest absolute Gasteiger partial charge is 3.00 e. The standard InChI is InChI=1S/2Al.2Mg.5O3Si.2H2O/c;;;;5*1-4(2)3;;/h;;;;;;;;;2*1H2/q2*+3;2*+2;5*-2;;. The van der Waals surface area contributed by atoms with Crippen molar-refractivity contribution in [3.63, 3.8) is 0 Å². The average molecular weight is 519 g/mol. The number of rotatable bonds is 0. The molecule has 0 bridgehead atoms. The first kappa shape index (κ1) is 71.6. The van der Waals surface area contributed by atoms with Crippen LogP contribution >= 0.6 is 0 Å². The Balaban J connectivity index is -0.0000000114. The second kappa shape index (κ2) is 63.7. The number of hydrogen-bond donors (Lipinski definition) is 0. The molecule has 0 unspecified atom stereocenters. The van der Waals surface area contributed by atoms with Gasteiger partial charge in [0.15, 0.2) is 0 Å². The first-order valence-electron chi connectivity index (χ1n) is 3.06. The van der Waals surface area contributed by atoms with Gasteiger partial charge in [-0.05, 0) is 0 Å². The van der Waals surface area contributed by atoms with Crippen LogP contribution in [0, 0.1) is 0 Å². The monoisotopic (exact) mass is 518 g/mol. The van der Waals surface area contributed by atoms with Crippen molar-refractivity contribution in [1.82, 2.24) is 0 Å². The minimum Gasteiger partial charge on any atom is -0.672 e. The van der Waals surface area contributed by atoms with Crippen LogP contribution in [0.25, 0.3) is 0 Å². The average Bonchev–Trinajstić information content (AvgIpc) is 1.94. The van der Waals surface area contributed by atoms with Gasteiger partial charge in [0.05, 0.1) is 0 Å². The first-order valence-corrected chi connectivity index (χ1v) is 9.19. The second-order valence-electron chi connectivity index (χ2n) is 1.25. The Morgan fingerprint density at radius 3 is 0.346 bits per heavy atom. The molecule has 26 heteroatoms. The molecule has 0 spiro atoms. The van der Waals surface area contributed by atoms with Crippen molar-refractivity contribution in [3.8, 4) is 0 Å². The van der Waals surface area contributed by atoms with Crippen molar-refractivity contribution in [2.45, 2.75) is 0 Å². The van der Waals surface area contributed by atoms with E-state index in [1.54, 1.807) is 0 Å². The van der Waals surface area contributed by atoms with E-state index in [1.165, 1.54) is 0 Å². The molecular weight excluding hydrogens is 515 g/mol. The van der Waals surface area contributed by atoms with Gasteiger partial charge in [-0.2, -0.15) is 0 Å². The summed E-state index contributed by atoms with van der Waals surface area (Å²) in [7, 11) is -18.1. The smallest absolute Gasteiger partial charge is 0.672 e. The van der Waals surface area contributed by atoms with Crippen LogP contribution in [0.5, 0.6) is 0 Å². The molecule has 17 nitrogen and oxygen atoms in total. The van der Waals surface area contributed by atoms with E-state index in [1.807, 2.05) is 0 Å². The maximum Gasteiger partial charge on any atom is 3.00 e. The van der Waals surface area contributed by atoms with Crippen LogP contribution < -0.4 is 48.0 Å². The molecule has 0 fully saturated rings. The van der Waals surface area contributed by atoms with Gasteiger partial charge in [0.25, 0.3) is 0 Å². The molecular formula is H4Al2Mg2O17Si5. The molecule has 0 heterocycles. The van der Waals surface area contributed by atoms with Gasteiger partial charge in [0.2, 0.25) is 0 Å². The van der Waals surface area contributed by atoms with Crippen LogP contribution in [-0.4, -0.2) is 138 Å². The molecule has 0 radical (unpaired) electrons. The summed E-state index contributed by atoms with van der Waals surface area (Å²) in [5.41, 5.74) is 0. The van der Waals surface area contributed by atoms with Gasteiger partial charge in [-0.1, -0.05) is 0 Å². The molecule has 0 saturated heterocycles. The summed E-state index contributed by atoms with van der Waals surface area (Å²) in [5, 5.41) is 0. The van der Waals surface area contributed by atoms with Crippen LogP contribution in [0.1, 0.15) is 0 Å². The summed E-state index contributed by atoms with van der Waals surface area (Å²) < 4.78 is 42.6. The van der Waals surface area contributed by atoms with Gasteiger partial charge in [-0.3, -0.25) is 0 Å². The molecule has 4 N–H and O–H groups in total. The minimum absolute atomic E-state index is 0. The second-order valence-corrected chi connectivity index (χ2v) is 3.75. The Labute approximate surface area is 206 Å². The van der Waals surface area contributed by atoms with Gasteiger partial charge in [0, 0.05) is 45.9 Å². The van der Waals surface area contributed by atoms with E-state index >= 15 is 0 Å². The summed E-state index contributed by atoms with van der Waals surface area (Å²) in [6.45, 7) is 0. The van der Waals surface area contributed by atoms with Crippen LogP contribution in [0.3, 0.4) is 0 Å². The summed E-state index contributed by atoms with van der Waals surface area (Å²) in [5.74, 6) is 0. The van der Waals surface area contributed by atoms with Gasteiger partial charge in [-0.15, -0.1) is 0 Å². The molecule has 0 atom stereocenters. The fourth-order valence-electron chi connectivity index (χ4n) is 0. The molecule has 0 aromatic rings. The maximum absolute atomic E-state index is 8.52. The third-order valence-corrected chi connectivity index (χ3v) is 0. The summed E-state index contributed by atoms with van der Waals surface area (Å²) in [6, 6.07) is 0. The van der Waals surface area contributed by atoms with E-state index in [9.17, 15) is 0 Å². The Morgan fingerprint density at radius 1 is 0.346 bits per heavy atom. The molecule has 26 heavy (non-hydrogen) atoms. The third kappa shape index (κ3) is 37800. The van der Waals surface area contributed by atoms with Crippen LogP contribution in [0.15, 0.2) is 0 Å². The molecule has 0 aromatic heterocycles. The number of hydrogen-bond acceptors (Lipinski definition) is 15. The Hall–Kier alpha value is 0.602. The van der Waals surface area contributed by atoms with Crippen molar-refractivity contribution in [2.24, 2.45) is 0 Å².